The van der Waals surface area contributed by atoms with E-state index >= 15 is 0 Å². The van der Waals surface area contributed by atoms with Crippen LogP contribution >= 0.6 is 0 Å². The Labute approximate surface area is 141 Å². The Kier molecular flexibility index (Phi) is 4.16. The molecular formula is C20H20O4. The molecule has 0 radical (unpaired) electrons. The standard InChI is InChI=1S/C20H20O4/c1-20(2)12-16(22)18-17(24-20)11-9-14(19(18)23)15(21)10-8-13-6-4-3-5-7-13/h3-11,16,22-23H,12H2,1-2H3. The minimum Gasteiger partial charge on any atom is -0.507 e. The molecule has 0 fully saturated rings. The van der Waals surface area contributed by atoms with Crippen LogP contribution < -0.4 is 4.74 Å². The summed E-state index contributed by atoms with van der Waals surface area (Å²) >= 11 is 0. The van der Waals surface area contributed by atoms with Gasteiger partial charge in [0.15, 0.2) is 5.78 Å². The van der Waals surface area contributed by atoms with Gasteiger partial charge in [-0.15, -0.1) is 0 Å². The highest BCUT2D eigenvalue weighted by Crippen LogP contribution is 2.45. The van der Waals surface area contributed by atoms with Crippen molar-refractivity contribution in [1.29, 1.82) is 0 Å². The zero-order chi connectivity index (χ0) is 17.3. The first kappa shape index (κ1) is 16.3. The topological polar surface area (TPSA) is 66.8 Å². The summed E-state index contributed by atoms with van der Waals surface area (Å²) in [4.78, 5) is 12.4. The molecule has 0 amide bonds. The number of rotatable bonds is 3. The van der Waals surface area contributed by atoms with Crippen LogP contribution in [0.1, 0.15) is 47.9 Å². The van der Waals surface area contributed by atoms with Crippen molar-refractivity contribution in [2.75, 3.05) is 0 Å². The molecule has 4 nitrogen and oxygen atoms in total. The van der Waals surface area contributed by atoms with E-state index in [0.29, 0.717) is 12.2 Å². The predicted octanol–water partition coefficient (Wildman–Crippen LogP) is 3.88. The van der Waals surface area contributed by atoms with Crippen LogP contribution in [0.5, 0.6) is 11.5 Å². The van der Waals surface area contributed by atoms with Crippen molar-refractivity contribution < 1.29 is 19.7 Å². The predicted molar refractivity (Wildman–Crippen MR) is 92.2 cm³/mol. The summed E-state index contributed by atoms with van der Waals surface area (Å²) in [5, 5.41) is 20.8. The van der Waals surface area contributed by atoms with Gasteiger partial charge in [-0.3, -0.25) is 4.79 Å². The van der Waals surface area contributed by atoms with Crippen LogP contribution in [0.15, 0.2) is 48.5 Å². The summed E-state index contributed by atoms with van der Waals surface area (Å²) in [6.45, 7) is 3.75. The summed E-state index contributed by atoms with van der Waals surface area (Å²) in [5.41, 5.74) is 0.822. The fourth-order valence-corrected chi connectivity index (χ4v) is 2.93. The SMILES string of the molecule is CC1(C)CC(O)c2c(ccc(C(=O)C=Cc3ccccc3)c2O)O1. The van der Waals surface area contributed by atoms with Crippen LogP contribution in [0.3, 0.4) is 0 Å². The average Bonchev–Trinajstić information content (AvgIpc) is 2.52. The number of fused-ring (bicyclic) bond motifs is 1. The molecule has 0 aromatic heterocycles. The molecule has 1 aliphatic rings. The first-order valence-electron chi connectivity index (χ1n) is 7.88. The zero-order valence-electron chi connectivity index (χ0n) is 13.7. The smallest absolute Gasteiger partial charge is 0.189 e. The van der Waals surface area contributed by atoms with E-state index in [-0.39, 0.29) is 22.7 Å². The normalized spacial score (nSPS) is 18.9. The van der Waals surface area contributed by atoms with Gasteiger partial charge >= 0.3 is 0 Å². The molecule has 1 atom stereocenters. The number of phenolic OH excluding ortho intramolecular Hbond substituents is 1. The van der Waals surface area contributed by atoms with Crippen LogP contribution in [-0.4, -0.2) is 21.6 Å². The van der Waals surface area contributed by atoms with Crippen LogP contribution in [0, 0.1) is 0 Å². The first-order chi connectivity index (χ1) is 11.4. The lowest BCUT2D eigenvalue weighted by molar-refractivity contribution is 0.0100. The number of carbonyl (C=O) groups excluding carboxylic acids is 1. The van der Waals surface area contributed by atoms with Crippen molar-refractivity contribution in [3.05, 3.63) is 65.2 Å². The van der Waals surface area contributed by atoms with E-state index in [2.05, 4.69) is 0 Å². The quantitative estimate of drug-likeness (QED) is 0.664. The number of carbonyl (C=O) groups is 1. The summed E-state index contributed by atoms with van der Waals surface area (Å²) < 4.78 is 5.79. The van der Waals surface area contributed by atoms with Crippen LogP contribution in [0.2, 0.25) is 0 Å². The van der Waals surface area contributed by atoms with E-state index in [9.17, 15) is 15.0 Å². The molecule has 3 rings (SSSR count). The number of hydrogen-bond donors (Lipinski definition) is 2. The van der Waals surface area contributed by atoms with Gasteiger partial charge in [0, 0.05) is 6.42 Å². The Morgan fingerprint density at radius 1 is 1.21 bits per heavy atom. The molecule has 124 valence electrons. The number of aromatic hydroxyl groups is 1. The molecule has 1 heterocycles. The molecule has 2 N–H and O–H groups in total. The number of phenols is 1. The van der Waals surface area contributed by atoms with Gasteiger partial charge in [-0.25, -0.2) is 0 Å². The van der Waals surface area contributed by atoms with Crippen molar-refractivity contribution in [1.82, 2.24) is 0 Å². The molecule has 24 heavy (non-hydrogen) atoms. The molecule has 4 heteroatoms. The van der Waals surface area contributed by atoms with Gasteiger partial charge in [-0.2, -0.15) is 0 Å². The Bertz CT molecular complexity index is 791. The van der Waals surface area contributed by atoms with Crippen molar-refractivity contribution >= 4 is 11.9 Å². The molecular weight excluding hydrogens is 304 g/mol. The lowest BCUT2D eigenvalue weighted by atomic mass is 9.89. The number of allylic oxidation sites excluding steroid dienone is 1. The zero-order valence-corrected chi connectivity index (χ0v) is 13.7. The van der Waals surface area contributed by atoms with Gasteiger partial charge in [0.05, 0.1) is 17.2 Å². The molecule has 1 unspecified atom stereocenters. The lowest BCUT2D eigenvalue weighted by Crippen LogP contribution is -2.34. The molecule has 0 spiro atoms. The number of aliphatic hydroxyl groups is 1. The summed E-state index contributed by atoms with van der Waals surface area (Å²) in [5.74, 6) is -0.116. The number of ketones is 1. The van der Waals surface area contributed by atoms with Crippen molar-refractivity contribution in [3.8, 4) is 11.5 Å². The average molecular weight is 324 g/mol. The van der Waals surface area contributed by atoms with E-state index in [1.165, 1.54) is 12.1 Å². The van der Waals surface area contributed by atoms with Gasteiger partial charge in [0.2, 0.25) is 0 Å². The largest absolute Gasteiger partial charge is 0.507 e. The number of ether oxygens (including phenoxy) is 1. The van der Waals surface area contributed by atoms with Gasteiger partial charge in [0.25, 0.3) is 0 Å². The Hall–Kier alpha value is -2.59. The van der Waals surface area contributed by atoms with E-state index in [4.69, 9.17) is 4.74 Å². The Balaban J connectivity index is 1.92. The Morgan fingerprint density at radius 3 is 2.62 bits per heavy atom. The summed E-state index contributed by atoms with van der Waals surface area (Å²) in [6.07, 6.45) is 2.59. The molecule has 2 aromatic carbocycles. The summed E-state index contributed by atoms with van der Waals surface area (Å²) in [6, 6.07) is 12.6. The monoisotopic (exact) mass is 324 g/mol. The molecule has 0 aliphatic carbocycles. The lowest BCUT2D eigenvalue weighted by Gasteiger charge is -2.36. The maximum atomic E-state index is 12.4. The number of benzene rings is 2. The van der Waals surface area contributed by atoms with Gasteiger partial charge in [0.1, 0.15) is 17.1 Å². The fraction of sp³-hybridized carbons (Fsp3) is 0.250. The highest BCUT2D eigenvalue weighted by Gasteiger charge is 2.35. The molecule has 2 aromatic rings. The minimum absolute atomic E-state index is 0.156. The molecule has 0 saturated heterocycles. The van der Waals surface area contributed by atoms with Crippen LogP contribution in [0.25, 0.3) is 6.08 Å². The minimum atomic E-state index is -0.866. The first-order valence-corrected chi connectivity index (χ1v) is 7.88. The molecule has 1 aliphatic heterocycles. The second-order valence-electron chi connectivity index (χ2n) is 6.56. The third-order valence-electron chi connectivity index (χ3n) is 4.07. The highest BCUT2D eigenvalue weighted by molar-refractivity contribution is 6.09. The molecule has 0 saturated carbocycles. The van der Waals surface area contributed by atoms with E-state index < -0.39 is 11.7 Å². The van der Waals surface area contributed by atoms with E-state index in [1.54, 1.807) is 12.1 Å². The fourth-order valence-electron chi connectivity index (χ4n) is 2.93. The van der Waals surface area contributed by atoms with Crippen molar-refractivity contribution in [2.45, 2.75) is 32.0 Å². The maximum Gasteiger partial charge on any atom is 0.189 e. The third-order valence-corrected chi connectivity index (χ3v) is 4.07. The maximum absolute atomic E-state index is 12.4. The second-order valence-corrected chi connectivity index (χ2v) is 6.56. The number of hydrogen-bond acceptors (Lipinski definition) is 4. The van der Waals surface area contributed by atoms with Gasteiger partial charge in [-0.05, 0) is 37.6 Å². The molecule has 0 bridgehead atoms. The third kappa shape index (κ3) is 3.19. The van der Waals surface area contributed by atoms with E-state index in [0.717, 1.165) is 5.56 Å². The van der Waals surface area contributed by atoms with Crippen molar-refractivity contribution in [3.63, 3.8) is 0 Å². The van der Waals surface area contributed by atoms with Crippen molar-refractivity contribution in [2.24, 2.45) is 0 Å². The Morgan fingerprint density at radius 2 is 1.92 bits per heavy atom. The van der Waals surface area contributed by atoms with Crippen LogP contribution in [0.4, 0.5) is 0 Å². The highest BCUT2D eigenvalue weighted by atomic mass is 16.5. The van der Waals surface area contributed by atoms with Gasteiger partial charge < -0.3 is 14.9 Å². The van der Waals surface area contributed by atoms with E-state index in [1.807, 2.05) is 44.2 Å². The number of aliphatic hydroxyl groups excluding tert-OH is 1. The summed E-state index contributed by atoms with van der Waals surface area (Å²) in [7, 11) is 0. The van der Waals surface area contributed by atoms with Crippen LogP contribution in [-0.2, 0) is 0 Å². The van der Waals surface area contributed by atoms with Gasteiger partial charge in [-0.1, -0.05) is 36.4 Å². The second kappa shape index (κ2) is 6.13.